The average molecular weight is 338 g/mol. The molecule has 1 aliphatic rings. The second-order valence-corrected chi connectivity index (χ2v) is 5.76. The van der Waals surface area contributed by atoms with Crippen molar-refractivity contribution in [2.45, 2.75) is 20.4 Å². The summed E-state index contributed by atoms with van der Waals surface area (Å²) in [6.45, 7) is 4.70. The van der Waals surface area contributed by atoms with E-state index in [-0.39, 0.29) is 5.91 Å². The Morgan fingerprint density at radius 2 is 2.00 bits per heavy atom. The zero-order chi connectivity index (χ0) is 14.4. The predicted octanol–water partition coefficient (Wildman–Crippen LogP) is 3.06. The quantitative estimate of drug-likeness (QED) is 0.802. The number of halogens is 2. The second-order valence-electron chi connectivity index (χ2n) is 4.91. The Bertz CT molecular complexity index is 711. The van der Waals surface area contributed by atoms with E-state index in [4.69, 9.17) is 0 Å². The van der Waals surface area contributed by atoms with Gasteiger partial charge in [0.25, 0.3) is 5.91 Å². The van der Waals surface area contributed by atoms with Gasteiger partial charge in [-0.25, -0.2) is 4.39 Å². The summed E-state index contributed by atoms with van der Waals surface area (Å²) >= 11 is 3.29. The fraction of sp³-hybridized carbons (Fsp3) is 0.286. The van der Waals surface area contributed by atoms with E-state index in [1.807, 2.05) is 13.8 Å². The van der Waals surface area contributed by atoms with Crippen LogP contribution in [0.2, 0.25) is 0 Å². The molecule has 0 unspecified atom stereocenters. The van der Waals surface area contributed by atoms with Gasteiger partial charge in [-0.15, -0.1) is 0 Å². The fourth-order valence-electron chi connectivity index (χ4n) is 2.43. The maximum Gasteiger partial charge on any atom is 0.276 e. The average Bonchev–Trinajstić information content (AvgIpc) is 2.77. The molecule has 0 fully saturated rings. The van der Waals surface area contributed by atoms with E-state index < -0.39 is 5.82 Å². The number of aryl methyl sites for hydroxylation is 2. The first-order valence-corrected chi connectivity index (χ1v) is 7.08. The number of carbonyl (C=O) groups is 1. The molecule has 3 rings (SSSR count). The van der Waals surface area contributed by atoms with Crippen LogP contribution in [0.5, 0.6) is 0 Å². The molecule has 0 spiro atoms. The Balaban J connectivity index is 2.07. The molecule has 0 saturated carbocycles. The standard InChI is InChI=1S/C14H13BrFN3O/c1-8-5-12(11(16)6-10(8)15)18-3-4-19-13(14(18)20)9(2)7-17-19/h5-7H,3-4H2,1-2H3. The first-order chi connectivity index (χ1) is 9.49. The van der Waals surface area contributed by atoms with Crippen LogP contribution in [-0.4, -0.2) is 22.2 Å². The summed E-state index contributed by atoms with van der Waals surface area (Å²) in [4.78, 5) is 14.0. The Morgan fingerprint density at radius 1 is 1.25 bits per heavy atom. The molecule has 0 radical (unpaired) electrons. The molecule has 0 aliphatic carbocycles. The van der Waals surface area contributed by atoms with Gasteiger partial charge in [0.05, 0.1) is 18.4 Å². The number of nitrogens with zero attached hydrogens (tertiary/aromatic N) is 3. The van der Waals surface area contributed by atoms with Crippen molar-refractivity contribution < 1.29 is 9.18 Å². The van der Waals surface area contributed by atoms with E-state index in [2.05, 4.69) is 21.0 Å². The lowest BCUT2D eigenvalue weighted by Gasteiger charge is -2.28. The second kappa shape index (κ2) is 4.70. The molecule has 4 nitrogen and oxygen atoms in total. The van der Waals surface area contributed by atoms with Crippen LogP contribution in [-0.2, 0) is 6.54 Å². The van der Waals surface area contributed by atoms with E-state index in [1.165, 1.54) is 11.0 Å². The number of carbonyl (C=O) groups excluding carboxylic acids is 1. The summed E-state index contributed by atoms with van der Waals surface area (Å²) in [5, 5.41) is 4.16. The number of aromatic nitrogens is 2. The zero-order valence-electron chi connectivity index (χ0n) is 11.2. The van der Waals surface area contributed by atoms with E-state index in [9.17, 15) is 9.18 Å². The summed E-state index contributed by atoms with van der Waals surface area (Å²) in [6, 6.07) is 3.09. The van der Waals surface area contributed by atoms with Gasteiger partial charge in [0, 0.05) is 16.6 Å². The Kier molecular flexibility index (Phi) is 3.12. The van der Waals surface area contributed by atoms with Gasteiger partial charge in [-0.3, -0.25) is 9.48 Å². The van der Waals surface area contributed by atoms with Gasteiger partial charge in [0.15, 0.2) is 0 Å². The molecule has 104 valence electrons. The van der Waals surface area contributed by atoms with Gasteiger partial charge >= 0.3 is 0 Å². The lowest BCUT2D eigenvalue weighted by molar-refractivity contribution is 0.0960. The van der Waals surface area contributed by atoms with Crippen LogP contribution in [0.25, 0.3) is 0 Å². The molecule has 0 N–H and O–H groups in total. The van der Waals surface area contributed by atoms with Crippen LogP contribution in [0.1, 0.15) is 21.6 Å². The van der Waals surface area contributed by atoms with Crippen LogP contribution >= 0.6 is 15.9 Å². The number of anilines is 1. The molecule has 2 heterocycles. The predicted molar refractivity (Wildman–Crippen MR) is 77.5 cm³/mol. The summed E-state index contributed by atoms with van der Waals surface area (Å²) in [5.74, 6) is -0.603. The van der Waals surface area contributed by atoms with Crippen molar-refractivity contribution in [2.75, 3.05) is 11.4 Å². The molecule has 1 aromatic carbocycles. The van der Waals surface area contributed by atoms with E-state index >= 15 is 0 Å². The molecule has 6 heteroatoms. The molecular weight excluding hydrogens is 325 g/mol. The van der Waals surface area contributed by atoms with Crippen molar-refractivity contribution in [2.24, 2.45) is 0 Å². The minimum absolute atomic E-state index is 0.202. The zero-order valence-corrected chi connectivity index (χ0v) is 12.7. The molecule has 1 aromatic heterocycles. The number of hydrogen-bond donors (Lipinski definition) is 0. The first kappa shape index (κ1) is 13.3. The van der Waals surface area contributed by atoms with Crippen LogP contribution in [0.3, 0.4) is 0 Å². The van der Waals surface area contributed by atoms with E-state index in [0.29, 0.717) is 28.9 Å². The van der Waals surface area contributed by atoms with Gasteiger partial charge in [0.2, 0.25) is 0 Å². The van der Waals surface area contributed by atoms with Crippen molar-refractivity contribution in [3.8, 4) is 0 Å². The van der Waals surface area contributed by atoms with E-state index in [0.717, 1.165) is 11.1 Å². The lowest BCUT2D eigenvalue weighted by Crippen LogP contribution is -2.41. The highest BCUT2D eigenvalue weighted by molar-refractivity contribution is 9.10. The Labute approximate surface area is 124 Å². The fourth-order valence-corrected chi connectivity index (χ4v) is 2.75. The highest BCUT2D eigenvalue weighted by Gasteiger charge is 2.29. The van der Waals surface area contributed by atoms with Gasteiger partial charge in [-0.2, -0.15) is 5.10 Å². The molecule has 0 bridgehead atoms. The number of fused-ring (bicyclic) bond motifs is 1. The highest BCUT2D eigenvalue weighted by Crippen LogP contribution is 2.29. The molecule has 0 saturated heterocycles. The minimum Gasteiger partial charge on any atom is -0.302 e. The third kappa shape index (κ3) is 1.95. The summed E-state index contributed by atoms with van der Waals surface area (Å²) < 4.78 is 16.5. The Morgan fingerprint density at radius 3 is 2.75 bits per heavy atom. The van der Waals surface area contributed by atoms with Crippen LogP contribution in [0.4, 0.5) is 10.1 Å². The molecule has 1 amide bonds. The SMILES string of the molecule is Cc1cc(N2CCn3ncc(C)c3C2=O)c(F)cc1Br. The molecule has 0 atom stereocenters. The number of hydrogen-bond acceptors (Lipinski definition) is 2. The van der Waals surface area contributed by atoms with Crippen LogP contribution in [0, 0.1) is 19.7 Å². The topological polar surface area (TPSA) is 38.1 Å². The smallest absolute Gasteiger partial charge is 0.276 e. The summed E-state index contributed by atoms with van der Waals surface area (Å²) in [6.07, 6.45) is 1.67. The molecular formula is C14H13BrFN3O. The third-order valence-electron chi connectivity index (χ3n) is 3.52. The third-order valence-corrected chi connectivity index (χ3v) is 4.38. The molecule has 20 heavy (non-hydrogen) atoms. The number of amides is 1. The van der Waals surface area contributed by atoms with Gasteiger partial charge in [-0.1, -0.05) is 15.9 Å². The first-order valence-electron chi connectivity index (χ1n) is 6.29. The van der Waals surface area contributed by atoms with Gasteiger partial charge in [0.1, 0.15) is 11.5 Å². The van der Waals surface area contributed by atoms with Crippen LogP contribution in [0.15, 0.2) is 22.8 Å². The Hall–Kier alpha value is -1.69. The normalized spacial score (nSPS) is 14.6. The number of rotatable bonds is 1. The highest BCUT2D eigenvalue weighted by atomic mass is 79.9. The van der Waals surface area contributed by atoms with Crippen LogP contribution < -0.4 is 4.90 Å². The lowest BCUT2D eigenvalue weighted by atomic mass is 10.1. The van der Waals surface area contributed by atoms with Crippen molar-refractivity contribution in [3.63, 3.8) is 0 Å². The molecule has 2 aromatic rings. The van der Waals surface area contributed by atoms with Crippen molar-refractivity contribution in [1.29, 1.82) is 0 Å². The minimum atomic E-state index is -0.401. The van der Waals surface area contributed by atoms with Gasteiger partial charge in [-0.05, 0) is 31.5 Å². The van der Waals surface area contributed by atoms with Crippen molar-refractivity contribution in [3.05, 3.63) is 45.4 Å². The van der Waals surface area contributed by atoms with Gasteiger partial charge < -0.3 is 4.90 Å². The van der Waals surface area contributed by atoms with Crippen molar-refractivity contribution >= 4 is 27.5 Å². The maximum atomic E-state index is 14.1. The number of benzene rings is 1. The maximum absolute atomic E-state index is 14.1. The monoisotopic (exact) mass is 337 g/mol. The van der Waals surface area contributed by atoms with E-state index in [1.54, 1.807) is 16.9 Å². The largest absolute Gasteiger partial charge is 0.302 e. The summed E-state index contributed by atoms with van der Waals surface area (Å²) in [5.41, 5.74) is 2.57. The van der Waals surface area contributed by atoms with Crippen molar-refractivity contribution in [1.82, 2.24) is 9.78 Å². The molecule has 1 aliphatic heterocycles. The summed E-state index contributed by atoms with van der Waals surface area (Å²) in [7, 11) is 0.